The number of amides is 2. The first kappa shape index (κ1) is 26.4. The van der Waals surface area contributed by atoms with Crippen LogP contribution in [-0.2, 0) is 21.5 Å². The second-order valence-electron chi connectivity index (χ2n) is 9.42. The Morgan fingerprint density at radius 3 is 2.24 bits per heavy atom. The van der Waals surface area contributed by atoms with Crippen LogP contribution in [0.2, 0.25) is 0 Å². The van der Waals surface area contributed by atoms with E-state index in [1.807, 2.05) is 45.0 Å². The molecule has 0 heterocycles. The van der Waals surface area contributed by atoms with E-state index in [4.69, 9.17) is 4.74 Å². The zero-order valence-corrected chi connectivity index (χ0v) is 20.7. The Labute approximate surface area is 197 Å². The first-order valence-electron chi connectivity index (χ1n) is 11.6. The Morgan fingerprint density at radius 2 is 1.67 bits per heavy atom. The van der Waals surface area contributed by atoms with Gasteiger partial charge in [0.25, 0.3) is 5.91 Å². The highest BCUT2D eigenvalue weighted by atomic mass is 19.1. The maximum atomic E-state index is 13.4. The van der Waals surface area contributed by atoms with Gasteiger partial charge in [-0.15, -0.1) is 0 Å². The molecule has 2 amide bonds. The van der Waals surface area contributed by atoms with Gasteiger partial charge in [0.1, 0.15) is 17.6 Å². The molecule has 0 fully saturated rings. The topological polar surface area (TPSA) is 58.6 Å². The Kier molecular flexibility index (Phi) is 9.44. The fourth-order valence-corrected chi connectivity index (χ4v) is 3.58. The standard InChI is InChI=1S/C27H37FN2O3/c1-7-19(3)29-26(32)23(8-2)30(17-20-13-15-21(28)16-14-20)25(31)18-33-24-12-10-9-11-22(24)27(4,5)6/h9-16,19,23H,7-8,17-18H2,1-6H3,(H,29,32)/t19-,23-/m0/s1. The van der Waals surface area contributed by atoms with E-state index in [9.17, 15) is 14.0 Å². The van der Waals surface area contributed by atoms with E-state index >= 15 is 0 Å². The summed E-state index contributed by atoms with van der Waals surface area (Å²) in [6, 6.07) is 13.0. The Morgan fingerprint density at radius 1 is 1.03 bits per heavy atom. The SMILES string of the molecule is CC[C@H](C)NC(=O)[C@H](CC)N(Cc1ccc(F)cc1)C(=O)COc1ccccc1C(C)(C)C. The predicted octanol–water partition coefficient (Wildman–Crippen LogP) is 5.22. The Hall–Kier alpha value is -2.89. The predicted molar refractivity (Wildman–Crippen MR) is 130 cm³/mol. The van der Waals surface area contributed by atoms with E-state index < -0.39 is 6.04 Å². The minimum absolute atomic E-state index is 0.00392. The van der Waals surface area contributed by atoms with Gasteiger partial charge in [0.15, 0.2) is 6.61 Å². The third-order valence-corrected chi connectivity index (χ3v) is 5.70. The van der Waals surface area contributed by atoms with Crippen LogP contribution in [0.4, 0.5) is 4.39 Å². The molecule has 2 aromatic rings. The van der Waals surface area contributed by atoms with E-state index in [2.05, 4.69) is 26.1 Å². The largest absolute Gasteiger partial charge is 0.483 e. The zero-order chi connectivity index (χ0) is 24.6. The number of carbonyl (C=O) groups excluding carboxylic acids is 2. The summed E-state index contributed by atoms with van der Waals surface area (Å²) in [7, 11) is 0. The van der Waals surface area contributed by atoms with Crippen molar-refractivity contribution in [3.63, 3.8) is 0 Å². The van der Waals surface area contributed by atoms with E-state index in [0.29, 0.717) is 12.2 Å². The number of rotatable bonds is 10. The van der Waals surface area contributed by atoms with Crippen molar-refractivity contribution in [3.8, 4) is 5.75 Å². The molecule has 5 nitrogen and oxygen atoms in total. The normalized spacial score (nSPS) is 13.2. The van der Waals surface area contributed by atoms with Crippen molar-refractivity contribution in [1.29, 1.82) is 0 Å². The lowest BCUT2D eigenvalue weighted by atomic mass is 9.86. The number of ether oxygens (including phenoxy) is 1. The molecule has 6 heteroatoms. The van der Waals surface area contributed by atoms with Crippen molar-refractivity contribution >= 4 is 11.8 Å². The average molecular weight is 457 g/mol. The molecule has 0 unspecified atom stereocenters. The van der Waals surface area contributed by atoms with Crippen LogP contribution < -0.4 is 10.1 Å². The molecule has 1 N–H and O–H groups in total. The van der Waals surface area contributed by atoms with E-state index in [0.717, 1.165) is 17.5 Å². The van der Waals surface area contributed by atoms with Crippen LogP contribution in [0.3, 0.4) is 0 Å². The van der Waals surface area contributed by atoms with Crippen LogP contribution in [0.5, 0.6) is 5.75 Å². The highest BCUT2D eigenvalue weighted by Crippen LogP contribution is 2.31. The smallest absolute Gasteiger partial charge is 0.261 e. The zero-order valence-electron chi connectivity index (χ0n) is 20.7. The molecule has 0 saturated heterocycles. The molecular formula is C27H37FN2O3. The number of hydrogen-bond acceptors (Lipinski definition) is 3. The van der Waals surface area contributed by atoms with Crippen molar-refractivity contribution in [3.05, 3.63) is 65.5 Å². The van der Waals surface area contributed by atoms with E-state index in [1.54, 1.807) is 12.1 Å². The third-order valence-electron chi connectivity index (χ3n) is 5.70. The van der Waals surface area contributed by atoms with Crippen molar-refractivity contribution < 1.29 is 18.7 Å². The Balaban J connectivity index is 2.27. The number of benzene rings is 2. The number of para-hydroxylation sites is 1. The molecule has 0 aliphatic rings. The van der Waals surface area contributed by atoms with Gasteiger partial charge >= 0.3 is 0 Å². The van der Waals surface area contributed by atoms with Gasteiger partial charge in [-0.2, -0.15) is 0 Å². The number of nitrogens with one attached hydrogen (secondary N) is 1. The van der Waals surface area contributed by atoms with Crippen LogP contribution >= 0.6 is 0 Å². The summed E-state index contributed by atoms with van der Waals surface area (Å²) >= 11 is 0. The number of nitrogens with zero attached hydrogens (tertiary/aromatic N) is 1. The van der Waals surface area contributed by atoms with E-state index in [-0.39, 0.29) is 42.2 Å². The molecule has 0 bridgehead atoms. The lowest BCUT2D eigenvalue weighted by Gasteiger charge is -2.31. The summed E-state index contributed by atoms with van der Waals surface area (Å²) in [5, 5.41) is 2.98. The monoisotopic (exact) mass is 456 g/mol. The molecule has 2 aromatic carbocycles. The summed E-state index contributed by atoms with van der Waals surface area (Å²) in [5.74, 6) is -0.191. The second-order valence-corrected chi connectivity index (χ2v) is 9.42. The van der Waals surface area contributed by atoms with Crippen molar-refractivity contribution in [2.45, 2.75) is 78.4 Å². The lowest BCUT2D eigenvalue weighted by Crippen LogP contribution is -2.51. The van der Waals surface area contributed by atoms with Gasteiger partial charge in [-0.05, 0) is 54.5 Å². The van der Waals surface area contributed by atoms with Gasteiger partial charge < -0.3 is 15.0 Å². The van der Waals surface area contributed by atoms with Gasteiger partial charge in [0.2, 0.25) is 5.91 Å². The molecule has 180 valence electrons. The number of halogens is 1. The quantitative estimate of drug-likeness (QED) is 0.533. The minimum atomic E-state index is -0.655. The molecule has 0 spiro atoms. The maximum Gasteiger partial charge on any atom is 0.261 e. The summed E-state index contributed by atoms with van der Waals surface area (Å²) < 4.78 is 19.4. The highest BCUT2D eigenvalue weighted by molar-refractivity contribution is 5.88. The summed E-state index contributed by atoms with van der Waals surface area (Å²) in [6.07, 6.45) is 1.24. The molecule has 0 aliphatic heterocycles. The van der Waals surface area contributed by atoms with Gasteiger partial charge in [-0.25, -0.2) is 4.39 Å². The molecule has 0 aliphatic carbocycles. The van der Waals surface area contributed by atoms with Gasteiger partial charge in [-0.3, -0.25) is 9.59 Å². The van der Waals surface area contributed by atoms with Crippen LogP contribution in [-0.4, -0.2) is 35.4 Å². The van der Waals surface area contributed by atoms with Crippen molar-refractivity contribution in [2.24, 2.45) is 0 Å². The van der Waals surface area contributed by atoms with Gasteiger partial charge in [0, 0.05) is 12.6 Å². The molecule has 2 atom stereocenters. The second kappa shape index (κ2) is 11.8. The minimum Gasteiger partial charge on any atom is -0.483 e. The maximum absolute atomic E-state index is 13.4. The van der Waals surface area contributed by atoms with Crippen LogP contribution in [0.15, 0.2) is 48.5 Å². The van der Waals surface area contributed by atoms with Crippen molar-refractivity contribution in [1.82, 2.24) is 10.2 Å². The molecule has 33 heavy (non-hydrogen) atoms. The molecule has 0 aromatic heterocycles. The third kappa shape index (κ3) is 7.58. The molecule has 0 saturated carbocycles. The molecule has 2 rings (SSSR count). The summed E-state index contributed by atoms with van der Waals surface area (Å²) in [5.41, 5.74) is 1.61. The van der Waals surface area contributed by atoms with Gasteiger partial charge in [-0.1, -0.05) is 65.0 Å². The fourth-order valence-electron chi connectivity index (χ4n) is 3.58. The summed E-state index contributed by atoms with van der Waals surface area (Å²) in [4.78, 5) is 27.9. The highest BCUT2D eigenvalue weighted by Gasteiger charge is 2.30. The first-order chi connectivity index (χ1) is 15.6. The number of carbonyl (C=O) groups is 2. The first-order valence-corrected chi connectivity index (χ1v) is 11.6. The summed E-state index contributed by atoms with van der Waals surface area (Å²) in [6.45, 7) is 12.1. The lowest BCUT2D eigenvalue weighted by molar-refractivity contribution is -0.143. The van der Waals surface area contributed by atoms with Gasteiger partial charge in [0.05, 0.1) is 0 Å². The Bertz CT molecular complexity index is 922. The van der Waals surface area contributed by atoms with Crippen LogP contribution in [0.1, 0.15) is 65.5 Å². The molecule has 0 radical (unpaired) electrons. The fraction of sp³-hybridized carbons (Fsp3) is 0.481. The average Bonchev–Trinajstić information content (AvgIpc) is 2.78. The molecular weight excluding hydrogens is 419 g/mol. The van der Waals surface area contributed by atoms with Crippen LogP contribution in [0, 0.1) is 5.82 Å². The van der Waals surface area contributed by atoms with Crippen molar-refractivity contribution in [2.75, 3.05) is 6.61 Å². The van der Waals surface area contributed by atoms with Crippen LogP contribution in [0.25, 0.3) is 0 Å². The van der Waals surface area contributed by atoms with E-state index in [1.165, 1.54) is 17.0 Å². The number of hydrogen-bond donors (Lipinski definition) is 1.